The second-order valence-corrected chi connectivity index (χ2v) is 4.78. The fourth-order valence-electron chi connectivity index (χ4n) is 1.46. The maximum atomic E-state index is 13.1. The van der Waals surface area contributed by atoms with Crippen LogP contribution in [0.5, 0.6) is 5.75 Å². The third-order valence-electron chi connectivity index (χ3n) is 2.29. The minimum Gasteiger partial charge on any atom is -0.496 e. The Kier molecular flexibility index (Phi) is 5.63. The molecule has 0 aliphatic carbocycles. The summed E-state index contributed by atoms with van der Waals surface area (Å²) in [6.45, 7) is 2.07. The Balaban J connectivity index is 2.72. The summed E-state index contributed by atoms with van der Waals surface area (Å²) in [7, 11) is 1.52. The van der Waals surface area contributed by atoms with Crippen LogP contribution in [0.4, 0.5) is 4.39 Å². The zero-order valence-corrected chi connectivity index (χ0v) is 10.4. The van der Waals surface area contributed by atoms with Gasteiger partial charge in [-0.25, -0.2) is 4.39 Å². The van der Waals surface area contributed by atoms with Gasteiger partial charge in [0.2, 0.25) is 0 Å². The van der Waals surface area contributed by atoms with Crippen molar-refractivity contribution in [3.05, 3.63) is 29.6 Å². The van der Waals surface area contributed by atoms with Gasteiger partial charge in [0.15, 0.2) is 0 Å². The molecule has 0 aromatic heterocycles. The van der Waals surface area contributed by atoms with Crippen LogP contribution < -0.4 is 4.74 Å². The van der Waals surface area contributed by atoms with Gasteiger partial charge in [-0.2, -0.15) is 11.8 Å². The first kappa shape index (κ1) is 13.3. The lowest BCUT2D eigenvalue weighted by atomic mass is 10.1. The first-order valence-electron chi connectivity index (χ1n) is 5.28. The molecule has 90 valence electrons. The molecule has 0 amide bonds. The predicted molar refractivity (Wildman–Crippen MR) is 65.5 cm³/mol. The van der Waals surface area contributed by atoms with E-state index < -0.39 is 6.10 Å². The lowest BCUT2D eigenvalue weighted by molar-refractivity contribution is 0.170. The van der Waals surface area contributed by atoms with Crippen molar-refractivity contribution in [3.8, 4) is 5.75 Å². The summed E-state index contributed by atoms with van der Waals surface area (Å²) in [5.74, 6) is 2.07. The lowest BCUT2D eigenvalue weighted by Crippen LogP contribution is -2.02. The van der Waals surface area contributed by atoms with E-state index in [-0.39, 0.29) is 5.82 Å². The van der Waals surface area contributed by atoms with E-state index in [1.807, 2.05) is 0 Å². The number of aliphatic hydroxyl groups excluding tert-OH is 1. The fourth-order valence-corrected chi connectivity index (χ4v) is 2.14. The number of benzene rings is 1. The van der Waals surface area contributed by atoms with Gasteiger partial charge >= 0.3 is 0 Å². The van der Waals surface area contributed by atoms with Crippen molar-refractivity contribution in [1.29, 1.82) is 0 Å². The summed E-state index contributed by atoms with van der Waals surface area (Å²) in [6.07, 6.45) is -0.0529. The van der Waals surface area contributed by atoms with E-state index in [0.717, 1.165) is 11.5 Å². The lowest BCUT2D eigenvalue weighted by Gasteiger charge is -2.14. The van der Waals surface area contributed by atoms with Gasteiger partial charge in [0.25, 0.3) is 0 Å². The number of hydrogen-bond acceptors (Lipinski definition) is 3. The van der Waals surface area contributed by atoms with E-state index in [1.165, 1.54) is 19.2 Å². The molecule has 4 heteroatoms. The van der Waals surface area contributed by atoms with Crippen LogP contribution in [0.15, 0.2) is 18.2 Å². The maximum absolute atomic E-state index is 13.1. The molecule has 0 fully saturated rings. The number of hydrogen-bond donors (Lipinski definition) is 1. The molecule has 2 nitrogen and oxygen atoms in total. The van der Waals surface area contributed by atoms with Crippen molar-refractivity contribution in [2.45, 2.75) is 19.4 Å². The molecule has 1 N–H and O–H groups in total. The molecule has 1 aromatic carbocycles. The van der Waals surface area contributed by atoms with E-state index in [4.69, 9.17) is 4.74 Å². The van der Waals surface area contributed by atoms with Gasteiger partial charge in [0, 0.05) is 5.56 Å². The summed E-state index contributed by atoms with van der Waals surface area (Å²) in [5.41, 5.74) is 0.527. The van der Waals surface area contributed by atoms with Gasteiger partial charge in [0.05, 0.1) is 13.2 Å². The van der Waals surface area contributed by atoms with Crippen molar-refractivity contribution >= 4 is 11.8 Å². The van der Waals surface area contributed by atoms with Crippen molar-refractivity contribution in [1.82, 2.24) is 0 Å². The van der Waals surface area contributed by atoms with Crippen LogP contribution in [0.2, 0.25) is 0 Å². The zero-order chi connectivity index (χ0) is 12.0. The molecule has 0 spiro atoms. The Hall–Kier alpha value is -0.740. The van der Waals surface area contributed by atoms with E-state index in [9.17, 15) is 9.50 Å². The topological polar surface area (TPSA) is 29.5 Å². The summed E-state index contributed by atoms with van der Waals surface area (Å²) in [6, 6.07) is 4.21. The monoisotopic (exact) mass is 244 g/mol. The minimum absolute atomic E-state index is 0.349. The molecular formula is C12H17FO2S. The Bertz CT molecular complexity index is 331. The molecule has 0 aliphatic heterocycles. The molecule has 0 heterocycles. The molecule has 1 atom stereocenters. The average molecular weight is 244 g/mol. The van der Waals surface area contributed by atoms with Gasteiger partial charge in [-0.15, -0.1) is 0 Å². The summed E-state index contributed by atoms with van der Waals surface area (Å²) in [4.78, 5) is 0. The van der Waals surface area contributed by atoms with Gasteiger partial charge in [0.1, 0.15) is 11.6 Å². The van der Waals surface area contributed by atoms with Gasteiger partial charge in [-0.1, -0.05) is 6.92 Å². The van der Waals surface area contributed by atoms with Crippen LogP contribution in [0.25, 0.3) is 0 Å². The molecular weight excluding hydrogens is 227 g/mol. The normalized spacial score (nSPS) is 12.5. The highest BCUT2D eigenvalue weighted by atomic mass is 32.2. The van der Waals surface area contributed by atoms with Crippen LogP contribution in [0.3, 0.4) is 0 Å². The molecule has 0 saturated carbocycles. The first-order valence-corrected chi connectivity index (χ1v) is 6.43. The average Bonchev–Trinajstić information content (AvgIpc) is 2.29. The molecule has 0 bridgehead atoms. The minimum atomic E-state index is -0.662. The Morgan fingerprint density at radius 3 is 2.88 bits per heavy atom. The molecule has 0 radical (unpaired) electrons. The smallest absolute Gasteiger partial charge is 0.124 e. The van der Waals surface area contributed by atoms with Crippen molar-refractivity contribution in [2.75, 3.05) is 18.6 Å². The number of ether oxygens (including phenoxy) is 1. The van der Waals surface area contributed by atoms with Crippen molar-refractivity contribution in [2.24, 2.45) is 0 Å². The van der Waals surface area contributed by atoms with Gasteiger partial charge in [-0.05, 0) is 36.1 Å². The Labute approximate surface area is 99.8 Å². The highest BCUT2D eigenvalue weighted by molar-refractivity contribution is 7.99. The molecule has 1 unspecified atom stereocenters. The summed E-state index contributed by atoms with van der Waals surface area (Å²) >= 11 is 1.75. The number of rotatable bonds is 6. The molecule has 0 saturated heterocycles. The van der Waals surface area contributed by atoms with Crippen LogP contribution in [-0.4, -0.2) is 23.7 Å². The third kappa shape index (κ3) is 3.68. The van der Waals surface area contributed by atoms with Crippen molar-refractivity contribution < 1.29 is 14.2 Å². The summed E-state index contributed by atoms with van der Waals surface area (Å²) < 4.78 is 18.2. The molecule has 16 heavy (non-hydrogen) atoms. The SMILES string of the molecule is CCSCCC(O)c1cc(F)ccc1OC. The maximum Gasteiger partial charge on any atom is 0.124 e. The molecule has 1 aromatic rings. The highest BCUT2D eigenvalue weighted by Crippen LogP contribution is 2.28. The quantitative estimate of drug-likeness (QED) is 0.780. The van der Waals surface area contributed by atoms with Crippen LogP contribution in [-0.2, 0) is 0 Å². The standard InChI is InChI=1S/C12H17FO2S/c1-3-16-7-6-11(14)10-8-9(13)4-5-12(10)15-2/h4-5,8,11,14H,3,6-7H2,1-2H3. The number of thioether (sulfide) groups is 1. The number of aliphatic hydroxyl groups is 1. The molecule has 0 aliphatic rings. The van der Waals surface area contributed by atoms with E-state index in [1.54, 1.807) is 17.8 Å². The Morgan fingerprint density at radius 2 is 2.25 bits per heavy atom. The van der Waals surface area contributed by atoms with Crippen LogP contribution in [0, 0.1) is 5.82 Å². The fraction of sp³-hybridized carbons (Fsp3) is 0.500. The molecule has 1 rings (SSSR count). The number of halogens is 1. The van der Waals surface area contributed by atoms with Crippen molar-refractivity contribution in [3.63, 3.8) is 0 Å². The Morgan fingerprint density at radius 1 is 1.50 bits per heavy atom. The van der Waals surface area contributed by atoms with Crippen LogP contribution in [0.1, 0.15) is 25.0 Å². The van der Waals surface area contributed by atoms with Gasteiger partial charge in [-0.3, -0.25) is 0 Å². The highest BCUT2D eigenvalue weighted by Gasteiger charge is 2.13. The first-order chi connectivity index (χ1) is 7.69. The van der Waals surface area contributed by atoms with Crippen LogP contribution >= 0.6 is 11.8 Å². The largest absolute Gasteiger partial charge is 0.496 e. The van der Waals surface area contributed by atoms with E-state index in [0.29, 0.717) is 17.7 Å². The second kappa shape index (κ2) is 6.76. The predicted octanol–water partition coefficient (Wildman–Crippen LogP) is 3.01. The second-order valence-electron chi connectivity index (χ2n) is 3.39. The zero-order valence-electron chi connectivity index (χ0n) is 9.57. The third-order valence-corrected chi connectivity index (χ3v) is 3.22. The van der Waals surface area contributed by atoms with E-state index in [2.05, 4.69) is 6.92 Å². The van der Waals surface area contributed by atoms with Gasteiger partial charge < -0.3 is 9.84 Å². The number of methoxy groups -OCH3 is 1. The summed E-state index contributed by atoms with van der Waals surface area (Å²) in [5, 5.41) is 9.92. The van der Waals surface area contributed by atoms with E-state index >= 15 is 0 Å².